The summed E-state index contributed by atoms with van der Waals surface area (Å²) in [6.07, 6.45) is 2.18. The lowest BCUT2D eigenvalue weighted by molar-refractivity contribution is -0.138. The maximum absolute atomic E-state index is 11.1. The summed E-state index contributed by atoms with van der Waals surface area (Å²) in [5.41, 5.74) is 10.8. The summed E-state index contributed by atoms with van der Waals surface area (Å²) in [6.45, 7) is 0.359. The van der Waals surface area contributed by atoms with E-state index in [0.717, 1.165) is 0 Å². The van der Waals surface area contributed by atoms with Gasteiger partial charge in [-0.25, -0.2) is 4.79 Å². The molecule has 0 saturated carbocycles. The van der Waals surface area contributed by atoms with Gasteiger partial charge >= 0.3 is 5.97 Å². The minimum atomic E-state index is -1.03. The van der Waals surface area contributed by atoms with Gasteiger partial charge in [0.15, 0.2) is 5.96 Å². The van der Waals surface area contributed by atoms with Crippen LogP contribution in [0.1, 0.15) is 18.4 Å². The summed E-state index contributed by atoms with van der Waals surface area (Å²) >= 11 is 0. The highest BCUT2D eigenvalue weighted by Gasteiger charge is 2.14. The van der Waals surface area contributed by atoms with Gasteiger partial charge in [-0.3, -0.25) is 9.98 Å². The zero-order valence-corrected chi connectivity index (χ0v) is 10.9. The summed E-state index contributed by atoms with van der Waals surface area (Å²) in [6, 6.07) is 5.68. The fourth-order valence-electron chi connectivity index (χ4n) is 1.52. The Kier molecular flexibility index (Phi) is 6.02. The van der Waals surface area contributed by atoms with Crippen molar-refractivity contribution < 1.29 is 15.0 Å². The van der Waals surface area contributed by atoms with E-state index in [2.05, 4.69) is 9.98 Å². The molecule has 1 unspecified atom stereocenters. The monoisotopic (exact) mass is 278 g/mol. The first kappa shape index (κ1) is 15.5. The number of aromatic hydroxyl groups is 1. The fourth-order valence-corrected chi connectivity index (χ4v) is 1.52. The van der Waals surface area contributed by atoms with Crippen molar-refractivity contribution in [2.45, 2.75) is 18.9 Å². The highest BCUT2D eigenvalue weighted by atomic mass is 16.4. The lowest BCUT2D eigenvalue weighted by Gasteiger charge is -2.06. The van der Waals surface area contributed by atoms with E-state index in [1.54, 1.807) is 18.2 Å². The van der Waals surface area contributed by atoms with Crippen molar-refractivity contribution >= 4 is 18.1 Å². The molecule has 20 heavy (non-hydrogen) atoms. The first-order valence-corrected chi connectivity index (χ1v) is 6.10. The van der Waals surface area contributed by atoms with Gasteiger partial charge in [0, 0.05) is 18.3 Å². The molecule has 0 aliphatic heterocycles. The number of hydrogen-bond donors (Lipinski definition) is 4. The molecule has 7 heteroatoms. The van der Waals surface area contributed by atoms with E-state index in [1.165, 1.54) is 12.3 Å². The number of carboxylic acid groups (broad SMARTS) is 1. The predicted octanol–water partition coefficient (Wildman–Crippen LogP) is 0.318. The largest absolute Gasteiger partial charge is 0.507 e. The smallest absolute Gasteiger partial charge is 0.328 e. The Morgan fingerprint density at radius 1 is 1.35 bits per heavy atom. The van der Waals surface area contributed by atoms with Crippen molar-refractivity contribution in [3.05, 3.63) is 29.8 Å². The summed E-state index contributed by atoms with van der Waals surface area (Å²) < 4.78 is 0. The number of guanidine groups is 1. The summed E-state index contributed by atoms with van der Waals surface area (Å²) in [4.78, 5) is 18.8. The molecule has 0 heterocycles. The quantitative estimate of drug-likeness (QED) is 0.323. The first-order valence-electron chi connectivity index (χ1n) is 6.10. The normalized spacial score (nSPS) is 12.2. The zero-order chi connectivity index (χ0) is 15.0. The lowest BCUT2D eigenvalue weighted by Crippen LogP contribution is -2.23. The van der Waals surface area contributed by atoms with E-state index in [9.17, 15) is 9.90 Å². The molecule has 0 radical (unpaired) electrons. The van der Waals surface area contributed by atoms with Crippen molar-refractivity contribution in [3.8, 4) is 5.75 Å². The molecular formula is C13H18N4O3. The number of aliphatic carboxylic acids is 1. The maximum atomic E-state index is 11.1. The van der Waals surface area contributed by atoms with Crippen LogP contribution in [0.3, 0.4) is 0 Å². The van der Waals surface area contributed by atoms with E-state index >= 15 is 0 Å². The number of aliphatic imine (C=N–C) groups is 2. The highest BCUT2D eigenvalue weighted by Crippen LogP contribution is 2.13. The SMILES string of the molecule is NC(N)=NCCCC(N=Cc1ccccc1O)C(=O)O. The van der Waals surface area contributed by atoms with Crippen molar-refractivity contribution in [2.24, 2.45) is 21.5 Å². The average Bonchev–Trinajstić information content (AvgIpc) is 2.39. The second kappa shape index (κ2) is 7.78. The van der Waals surface area contributed by atoms with Crippen LogP contribution in [0.2, 0.25) is 0 Å². The molecule has 0 bridgehead atoms. The molecule has 7 nitrogen and oxygen atoms in total. The van der Waals surface area contributed by atoms with E-state index in [4.69, 9.17) is 16.6 Å². The van der Waals surface area contributed by atoms with Crippen LogP contribution >= 0.6 is 0 Å². The molecule has 0 amide bonds. The number of carbonyl (C=O) groups is 1. The minimum absolute atomic E-state index is 0.0189. The summed E-state index contributed by atoms with van der Waals surface area (Å²) in [7, 11) is 0. The summed E-state index contributed by atoms with van der Waals surface area (Å²) in [5, 5.41) is 18.6. The molecule has 0 fully saturated rings. The molecular weight excluding hydrogens is 260 g/mol. The maximum Gasteiger partial charge on any atom is 0.328 e. The number of phenolic OH excluding ortho intramolecular Hbond substituents is 1. The molecule has 1 atom stereocenters. The third kappa shape index (κ3) is 5.38. The topological polar surface area (TPSA) is 134 Å². The van der Waals surface area contributed by atoms with Gasteiger partial charge in [0.2, 0.25) is 0 Å². The van der Waals surface area contributed by atoms with E-state index in [1.807, 2.05) is 0 Å². The van der Waals surface area contributed by atoms with Crippen LogP contribution < -0.4 is 11.5 Å². The van der Waals surface area contributed by atoms with Crippen LogP contribution in [0.5, 0.6) is 5.75 Å². The Morgan fingerprint density at radius 2 is 2.05 bits per heavy atom. The number of para-hydroxylation sites is 1. The van der Waals surface area contributed by atoms with E-state index < -0.39 is 12.0 Å². The Hall–Kier alpha value is -2.57. The average molecular weight is 278 g/mol. The molecule has 1 aromatic rings. The van der Waals surface area contributed by atoms with Crippen LogP contribution in [-0.4, -0.2) is 40.9 Å². The molecule has 6 N–H and O–H groups in total. The Balaban J connectivity index is 2.61. The van der Waals surface area contributed by atoms with Gasteiger partial charge in [-0.15, -0.1) is 0 Å². The Labute approximate surface area is 116 Å². The number of hydrogen-bond acceptors (Lipinski definition) is 4. The molecule has 108 valence electrons. The zero-order valence-electron chi connectivity index (χ0n) is 10.9. The standard InChI is InChI=1S/C13H18N4O3/c14-13(15)16-7-3-5-10(12(19)20)17-8-9-4-1-2-6-11(9)18/h1-2,4,6,8,10,18H,3,5,7H2,(H,19,20)(H4,14,15,16). The molecule has 0 aromatic heterocycles. The van der Waals surface area contributed by atoms with Crippen LogP contribution in [0, 0.1) is 0 Å². The number of rotatable bonds is 7. The minimum Gasteiger partial charge on any atom is -0.507 e. The van der Waals surface area contributed by atoms with E-state index in [0.29, 0.717) is 24.9 Å². The molecule has 1 rings (SSSR count). The van der Waals surface area contributed by atoms with Crippen LogP contribution in [0.25, 0.3) is 0 Å². The lowest BCUT2D eigenvalue weighted by atomic mass is 10.1. The number of nitrogens with zero attached hydrogens (tertiary/aromatic N) is 2. The van der Waals surface area contributed by atoms with Gasteiger partial charge in [-0.1, -0.05) is 12.1 Å². The third-order valence-electron chi connectivity index (χ3n) is 2.55. The number of benzene rings is 1. The van der Waals surface area contributed by atoms with Gasteiger partial charge in [0.05, 0.1) is 0 Å². The molecule has 0 spiro atoms. The van der Waals surface area contributed by atoms with Gasteiger partial charge in [-0.2, -0.15) is 0 Å². The number of carboxylic acids is 1. The van der Waals surface area contributed by atoms with Crippen molar-refractivity contribution in [2.75, 3.05) is 6.54 Å². The second-order valence-corrected chi connectivity index (χ2v) is 4.14. The van der Waals surface area contributed by atoms with Crippen LogP contribution in [0.15, 0.2) is 34.3 Å². The van der Waals surface area contributed by atoms with Gasteiger partial charge in [0.25, 0.3) is 0 Å². The molecule has 0 aliphatic carbocycles. The van der Waals surface area contributed by atoms with Crippen LogP contribution in [0.4, 0.5) is 0 Å². The van der Waals surface area contributed by atoms with Crippen molar-refractivity contribution in [1.29, 1.82) is 0 Å². The first-order chi connectivity index (χ1) is 9.50. The van der Waals surface area contributed by atoms with Crippen molar-refractivity contribution in [1.82, 2.24) is 0 Å². The van der Waals surface area contributed by atoms with E-state index in [-0.39, 0.29) is 11.7 Å². The van der Waals surface area contributed by atoms with Gasteiger partial charge in [0.1, 0.15) is 11.8 Å². The summed E-state index contributed by atoms with van der Waals surface area (Å²) in [5.74, 6) is -0.989. The Bertz CT molecular complexity index is 510. The highest BCUT2D eigenvalue weighted by molar-refractivity contribution is 5.85. The second-order valence-electron chi connectivity index (χ2n) is 4.14. The number of nitrogens with two attached hydrogens (primary N) is 2. The van der Waals surface area contributed by atoms with Crippen molar-refractivity contribution in [3.63, 3.8) is 0 Å². The Morgan fingerprint density at radius 3 is 2.65 bits per heavy atom. The third-order valence-corrected chi connectivity index (χ3v) is 2.55. The predicted molar refractivity (Wildman–Crippen MR) is 77.0 cm³/mol. The molecule has 0 saturated heterocycles. The van der Waals surface area contributed by atoms with Gasteiger partial charge in [-0.05, 0) is 25.0 Å². The van der Waals surface area contributed by atoms with Gasteiger partial charge < -0.3 is 21.7 Å². The molecule has 0 aliphatic rings. The van der Waals surface area contributed by atoms with Crippen LogP contribution in [-0.2, 0) is 4.79 Å². The number of phenols is 1. The fraction of sp³-hybridized carbons (Fsp3) is 0.308. The molecule has 1 aromatic carbocycles.